The van der Waals surface area contributed by atoms with E-state index in [0.29, 0.717) is 12.1 Å². The fraction of sp³-hybridized carbons (Fsp3) is 0.364. The first kappa shape index (κ1) is 18.2. The number of nitrogens with one attached hydrogen (secondary N) is 1. The molecule has 3 rings (SSSR count). The van der Waals surface area contributed by atoms with Crippen LogP contribution in [0.25, 0.3) is 0 Å². The predicted molar refractivity (Wildman–Crippen MR) is 103 cm³/mol. The second-order valence-electron chi connectivity index (χ2n) is 7.10. The monoisotopic (exact) mass is 350 g/mol. The SMILES string of the molecule is CC(=O)N1CCC[C@H](NC(=O)c2ccccc2Cc2ccc(C)cc2)C1. The highest BCUT2D eigenvalue weighted by Gasteiger charge is 2.23. The predicted octanol–water partition coefficient (Wildman–Crippen LogP) is 3.33. The minimum atomic E-state index is -0.0527. The average Bonchev–Trinajstić information content (AvgIpc) is 2.64. The van der Waals surface area contributed by atoms with Crippen molar-refractivity contribution in [3.8, 4) is 0 Å². The van der Waals surface area contributed by atoms with Crippen LogP contribution in [0.2, 0.25) is 0 Å². The van der Waals surface area contributed by atoms with Gasteiger partial charge in [-0.25, -0.2) is 0 Å². The van der Waals surface area contributed by atoms with E-state index < -0.39 is 0 Å². The normalized spacial score (nSPS) is 17.0. The van der Waals surface area contributed by atoms with Crippen molar-refractivity contribution >= 4 is 11.8 Å². The molecule has 0 spiro atoms. The van der Waals surface area contributed by atoms with Crippen LogP contribution in [-0.2, 0) is 11.2 Å². The minimum Gasteiger partial charge on any atom is -0.348 e. The van der Waals surface area contributed by atoms with Gasteiger partial charge in [0.25, 0.3) is 5.91 Å². The van der Waals surface area contributed by atoms with Gasteiger partial charge in [-0.15, -0.1) is 0 Å². The molecule has 1 heterocycles. The van der Waals surface area contributed by atoms with Gasteiger partial charge in [-0.2, -0.15) is 0 Å². The third kappa shape index (κ3) is 4.51. The van der Waals surface area contributed by atoms with Crippen LogP contribution in [-0.4, -0.2) is 35.8 Å². The molecule has 4 nitrogen and oxygen atoms in total. The molecule has 1 fully saturated rings. The molecule has 1 N–H and O–H groups in total. The standard InChI is InChI=1S/C22H26N2O2/c1-16-9-11-18(12-10-16)14-19-6-3-4-8-21(19)22(26)23-20-7-5-13-24(15-20)17(2)25/h3-4,6,8-12,20H,5,7,13-15H2,1-2H3,(H,23,26)/t20-/m0/s1. The Labute approximate surface area is 155 Å². The summed E-state index contributed by atoms with van der Waals surface area (Å²) in [6.07, 6.45) is 2.57. The van der Waals surface area contributed by atoms with E-state index in [9.17, 15) is 9.59 Å². The summed E-state index contributed by atoms with van der Waals surface area (Å²) in [5, 5.41) is 3.12. The van der Waals surface area contributed by atoms with Crippen LogP contribution in [0.15, 0.2) is 48.5 Å². The van der Waals surface area contributed by atoms with Crippen molar-refractivity contribution in [1.29, 1.82) is 0 Å². The fourth-order valence-corrected chi connectivity index (χ4v) is 3.47. The van der Waals surface area contributed by atoms with Crippen LogP contribution in [0.3, 0.4) is 0 Å². The van der Waals surface area contributed by atoms with E-state index in [0.717, 1.165) is 31.4 Å². The highest BCUT2D eigenvalue weighted by molar-refractivity contribution is 5.96. The van der Waals surface area contributed by atoms with Crippen molar-refractivity contribution in [2.75, 3.05) is 13.1 Å². The van der Waals surface area contributed by atoms with Gasteiger partial charge >= 0.3 is 0 Å². The largest absolute Gasteiger partial charge is 0.348 e. The molecule has 4 heteroatoms. The summed E-state index contributed by atoms with van der Waals surface area (Å²) < 4.78 is 0. The first-order chi connectivity index (χ1) is 12.5. The number of hydrogen-bond acceptors (Lipinski definition) is 2. The van der Waals surface area contributed by atoms with Gasteiger partial charge in [0.15, 0.2) is 0 Å². The average molecular weight is 350 g/mol. The Balaban J connectivity index is 1.71. The number of aryl methyl sites for hydroxylation is 1. The van der Waals surface area contributed by atoms with E-state index in [1.165, 1.54) is 11.1 Å². The second kappa shape index (κ2) is 8.17. The number of piperidine rings is 1. The van der Waals surface area contributed by atoms with Crippen molar-refractivity contribution in [2.45, 2.75) is 39.2 Å². The zero-order valence-corrected chi connectivity index (χ0v) is 15.5. The number of carbonyl (C=O) groups is 2. The Morgan fingerprint density at radius 3 is 2.58 bits per heavy atom. The van der Waals surface area contributed by atoms with E-state index >= 15 is 0 Å². The number of amides is 2. The summed E-state index contributed by atoms with van der Waals surface area (Å²) in [4.78, 5) is 26.2. The highest BCUT2D eigenvalue weighted by atomic mass is 16.2. The van der Waals surface area contributed by atoms with Crippen molar-refractivity contribution < 1.29 is 9.59 Å². The number of rotatable bonds is 4. The number of hydrogen-bond donors (Lipinski definition) is 1. The number of carbonyl (C=O) groups excluding carboxylic acids is 2. The maximum absolute atomic E-state index is 12.8. The Kier molecular flexibility index (Phi) is 5.71. The molecule has 2 aromatic rings. The van der Waals surface area contributed by atoms with E-state index in [1.54, 1.807) is 6.92 Å². The molecular weight excluding hydrogens is 324 g/mol. The lowest BCUT2D eigenvalue weighted by Gasteiger charge is -2.32. The molecule has 136 valence electrons. The summed E-state index contributed by atoms with van der Waals surface area (Å²) in [5.41, 5.74) is 4.16. The topological polar surface area (TPSA) is 49.4 Å². The lowest BCUT2D eigenvalue weighted by Crippen LogP contribution is -2.49. The number of nitrogens with zero attached hydrogens (tertiary/aromatic N) is 1. The summed E-state index contributed by atoms with van der Waals surface area (Å²) in [6.45, 7) is 5.04. The lowest BCUT2D eigenvalue weighted by atomic mass is 9.98. The Bertz CT molecular complexity index is 783. The maximum atomic E-state index is 12.8. The zero-order chi connectivity index (χ0) is 18.5. The van der Waals surface area contributed by atoms with E-state index in [-0.39, 0.29) is 17.9 Å². The molecule has 0 unspecified atom stereocenters. The zero-order valence-electron chi connectivity index (χ0n) is 15.5. The first-order valence-corrected chi connectivity index (χ1v) is 9.23. The number of benzene rings is 2. The number of likely N-dealkylation sites (tertiary alicyclic amines) is 1. The minimum absolute atomic E-state index is 0.0209. The smallest absolute Gasteiger partial charge is 0.251 e. The van der Waals surface area contributed by atoms with Crippen LogP contribution in [0.5, 0.6) is 0 Å². The van der Waals surface area contributed by atoms with Gasteiger partial charge in [0.1, 0.15) is 0 Å². The summed E-state index contributed by atoms with van der Waals surface area (Å²) in [5.74, 6) is 0.0202. The van der Waals surface area contributed by atoms with Gasteiger partial charge in [-0.3, -0.25) is 9.59 Å². The molecule has 26 heavy (non-hydrogen) atoms. The van der Waals surface area contributed by atoms with Gasteiger partial charge in [0.05, 0.1) is 0 Å². The van der Waals surface area contributed by atoms with Crippen LogP contribution in [0, 0.1) is 6.92 Å². The molecule has 0 bridgehead atoms. The fourth-order valence-electron chi connectivity index (χ4n) is 3.47. The van der Waals surface area contributed by atoms with Crippen LogP contribution in [0.4, 0.5) is 0 Å². The molecule has 0 saturated carbocycles. The van der Waals surface area contributed by atoms with Gasteiger partial charge in [-0.05, 0) is 43.4 Å². The molecule has 2 amide bonds. The molecule has 2 aromatic carbocycles. The quantitative estimate of drug-likeness (QED) is 0.919. The summed E-state index contributed by atoms with van der Waals surface area (Å²) >= 11 is 0. The Hall–Kier alpha value is -2.62. The first-order valence-electron chi connectivity index (χ1n) is 9.23. The van der Waals surface area contributed by atoms with Gasteiger partial charge in [0.2, 0.25) is 5.91 Å². The molecule has 1 atom stereocenters. The molecule has 1 aliphatic heterocycles. The molecule has 0 aliphatic carbocycles. The second-order valence-corrected chi connectivity index (χ2v) is 7.10. The molecular formula is C22H26N2O2. The van der Waals surface area contributed by atoms with Gasteiger partial charge in [0, 0.05) is 31.6 Å². The Morgan fingerprint density at radius 1 is 1.12 bits per heavy atom. The molecule has 0 radical (unpaired) electrons. The summed E-state index contributed by atoms with van der Waals surface area (Å²) in [7, 11) is 0. The molecule has 1 aliphatic rings. The molecule has 0 aromatic heterocycles. The van der Waals surface area contributed by atoms with E-state index in [1.807, 2.05) is 29.2 Å². The van der Waals surface area contributed by atoms with Crippen molar-refractivity contribution in [2.24, 2.45) is 0 Å². The van der Waals surface area contributed by atoms with Crippen LogP contribution < -0.4 is 5.32 Å². The summed E-state index contributed by atoms with van der Waals surface area (Å²) in [6, 6.07) is 16.2. The van der Waals surface area contributed by atoms with E-state index in [4.69, 9.17) is 0 Å². The van der Waals surface area contributed by atoms with Crippen LogP contribution >= 0.6 is 0 Å². The third-order valence-electron chi connectivity index (χ3n) is 4.98. The van der Waals surface area contributed by atoms with Gasteiger partial charge in [-0.1, -0.05) is 48.0 Å². The lowest BCUT2D eigenvalue weighted by molar-refractivity contribution is -0.130. The van der Waals surface area contributed by atoms with Crippen molar-refractivity contribution in [1.82, 2.24) is 10.2 Å². The maximum Gasteiger partial charge on any atom is 0.251 e. The van der Waals surface area contributed by atoms with Crippen molar-refractivity contribution in [3.05, 3.63) is 70.8 Å². The third-order valence-corrected chi connectivity index (χ3v) is 4.98. The van der Waals surface area contributed by atoms with E-state index in [2.05, 4.69) is 36.5 Å². The van der Waals surface area contributed by atoms with Crippen LogP contribution in [0.1, 0.15) is 46.8 Å². The molecule has 1 saturated heterocycles. The van der Waals surface area contributed by atoms with Gasteiger partial charge < -0.3 is 10.2 Å². The highest BCUT2D eigenvalue weighted by Crippen LogP contribution is 2.17. The van der Waals surface area contributed by atoms with Crippen molar-refractivity contribution in [3.63, 3.8) is 0 Å². The Morgan fingerprint density at radius 2 is 1.85 bits per heavy atom.